The fraction of sp³-hybridized carbons (Fsp3) is 0.154. The molecule has 0 aliphatic carbocycles. The number of hydrogen-bond donors (Lipinski definition) is 0. The zero-order valence-corrected chi connectivity index (χ0v) is 9.69. The van der Waals surface area contributed by atoms with Crippen LogP contribution in [-0.4, -0.2) is 16.3 Å². The summed E-state index contributed by atoms with van der Waals surface area (Å²) in [4.78, 5) is 2.66. The molecular weight excluding hydrogens is 226 g/mol. The van der Waals surface area contributed by atoms with E-state index >= 15 is 0 Å². The van der Waals surface area contributed by atoms with Crippen LogP contribution in [0.15, 0.2) is 47.8 Å². The summed E-state index contributed by atoms with van der Waals surface area (Å²) in [6, 6.07) is 9.84. The van der Waals surface area contributed by atoms with Gasteiger partial charge in [0.25, 0.3) is 0 Å². The minimum absolute atomic E-state index is 0.399. The smallest absolute Gasteiger partial charge is 0.0651 e. The first-order chi connectivity index (χ1) is 8.90. The molecule has 2 aromatic rings. The Bertz CT molecular complexity index is 612. The maximum atomic E-state index is 8.11. The Kier molecular flexibility index (Phi) is 4.02. The largest absolute Gasteiger partial charge is 0.240 e. The molecule has 0 N–H and O–H groups in total. The number of benzene rings is 1. The minimum atomic E-state index is 0.399. The summed E-state index contributed by atoms with van der Waals surface area (Å²) >= 11 is 0. The van der Waals surface area contributed by atoms with Gasteiger partial charge in [-0.25, -0.2) is 4.68 Å². The lowest BCUT2D eigenvalue weighted by atomic mass is 10.3. The molecule has 88 valence electrons. The second kappa shape index (κ2) is 6.14. The summed E-state index contributed by atoms with van der Waals surface area (Å²) in [7, 11) is 0. The van der Waals surface area contributed by atoms with Crippen LogP contribution >= 0.6 is 0 Å². The molecule has 5 nitrogen and oxygen atoms in total. The maximum Gasteiger partial charge on any atom is 0.0651 e. The third kappa shape index (κ3) is 3.14. The number of rotatable bonds is 3. The Hall–Kier alpha value is -2.70. The molecule has 0 fully saturated rings. The second-order valence-corrected chi connectivity index (χ2v) is 3.52. The van der Waals surface area contributed by atoms with Crippen molar-refractivity contribution in [3.05, 3.63) is 58.7 Å². The molecule has 1 aromatic heterocycles. The second-order valence-electron chi connectivity index (χ2n) is 3.52. The van der Waals surface area contributed by atoms with Gasteiger partial charge >= 0.3 is 0 Å². The standard InChI is InChI=1S/C13H11N5/c14-17-15-9-5-4-6-12-10-16-18(11-12)13-7-2-1-3-8-13/h1-3,7-8,10-11H,5,9H2. The van der Waals surface area contributed by atoms with Crippen molar-refractivity contribution in [1.82, 2.24) is 9.78 Å². The molecule has 0 atom stereocenters. The van der Waals surface area contributed by atoms with Gasteiger partial charge in [0, 0.05) is 24.1 Å². The summed E-state index contributed by atoms with van der Waals surface area (Å²) in [6.07, 6.45) is 4.14. The summed E-state index contributed by atoms with van der Waals surface area (Å²) < 4.78 is 1.78. The molecule has 0 aliphatic heterocycles. The van der Waals surface area contributed by atoms with Crippen molar-refractivity contribution in [1.29, 1.82) is 0 Å². The molecule has 0 amide bonds. The van der Waals surface area contributed by atoms with Gasteiger partial charge in [0.05, 0.1) is 17.4 Å². The van der Waals surface area contributed by atoms with Crippen molar-refractivity contribution in [2.24, 2.45) is 5.11 Å². The number of azide groups is 1. The Balaban J connectivity index is 2.05. The Morgan fingerprint density at radius 1 is 1.33 bits per heavy atom. The predicted molar refractivity (Wildman–Crippen MR) is 69.1 cm³/mol. The SMILES string of the molecule is [N-]=[N+]=NCCC#Cc1cnn(-c2ccccc2)c1. The normalized spacial score (nSPS) is 9.11. The number of nitrogens with zero attached hydrogens (tertiary/aromatic N) is 5. The van der Waals surface area contributed by atoms with Crippen LogP contribution in [0.25, 0.3) is 16.1 Å². The van der Waals surface area contributed by atoms with Crippen LogP contribution in [-0.2, 0) is 0 Å². The molecule has 18 heavy (non-hydrogen) atoms. The molecule has 2 rings (SSSR count). The predicted octanol–water partition coefficient (Wildman–Crippen LogP) is 2.92. The lowest BCUT2D eigenvalue weighted by molar-refractivity contribution is 0.880. The van der Waals surface area contributed by atoms with Gasteiger partial charge in [-0.15, -0.1) is 0 Å². The van der Waals surface area contributed by atoms with E-state index < -0.39 is 0 Å². The monoisotopic (exact) mass is 237 g/mol. The first-order valence-electron chi connectivity index (χ1n) is 5.50. The summed E-state index contributed by atoms with van der Waals surface area (Å²) in [6.45, 7) is 0.399. The Morgan fingerprint density at radius 3 is 2.94 bits per heavy atom. The first-order valence-corrected chi connectivity index (χ1v) is 5.50. The van der Waals surface area contributed by atoms with Crippen molar-refractivity contribution in [2.45, 2.75) is 6.42 Å². The van der Waals surface area contributed by atoms with Gasteiger partial charge in [0.1, 0.15) is 0 Å². The van der Waals surface area contributed by atoms with Crippen LogP contribution in [0.4, 0.5) is 0 Å². The average Bonchev–Trinajstić information content (AvgIpc) is 2.88. The highest BCUT2D eigenvalue weighted by molar-refractivity contribution is 5.35. The molecule has 0 aliphatic rings. The van der Waals surface area contributed by atoms with Crippen LogP contribution in [0.3, 0.4) is 0 Å². The quantitative estimate of drug-likeness (QED) is 0.266. The van der Waals surface area contributed by atoms with Gasteiger partial charge in [-0.1, -0.05) is 35.2 Å². The highest BCUT2D eigenvalue weighted by atomic mass is 15.3. The van der Waals surface area contributed by atoms with Crippen molar-refractivity contribution in [3.63, 3.8) is 0 Å². The van der Waals surface area contributed by atoms with Crippen LogP contribution in [0, 0.1) is 11.8 Å². The number of aromatic nitrogens is 2. The minimum Gasteiger partial charge on any atom is -0.240 e. The third-order valence-corrected chi connectivity index (χ3v) is 2.24. The highest BCUT2D eigenvalue weighted by Crippen LogP contribution is 2.06. The van der Waals surface area contributed by atoms with Crippen molar-refractivity contribution in [3.8, 4) is 17.5 Å². The number of hydrogen-bond acceptors (Lipinski definition) is 2. The Labute approximate surface area is 105 Å². The molecule has 0 saturated heterocycles. The first kappa shape index (κ1) is 11.8. The van der Waals surface area contributed by atoms with E-state index in [1.54, 1.807) is 10.9 Å². The molecule has 1 heterocycles. The van der Waals surface area contributed by atoms with Gasteiger partial charge in [0.2, 0.25) is 0 Å². The molecule has 0 radical (unpaired) electrons. The zero-order chi connectivity index (χ0) is 12.6. The van der Waals surface area contributed by atoms with E-state index in [4.69, 9.17) is 5.53 Å². The Morgan fingerprint density at radius 2 is 2.17 bits per heavy atom. The summed E-state index contributed by atoms with van der Waals surface area (Å²) in [5.74, 6) is 5.91. The van der Waals surface area contributed by atoms with Gasteiger partial charge in [-0.2, -0.15) is 5.10 Å². The third-order valence-electron chi connectivity index (χ3n) is 2.24. The van der Waals surface area contributed by atoms with Crippen molar-refractivity contribution < 1.29 is 0 Å². The van der Waals surface area contributed by atoms with Gasteiger partial charge < -0.3 is 0 Å². The van der Waals surface area contributed by atoms with E-state index in [1.165, 1.54) is 0 Å². The van der Waals surface area contributed by atoms with Gasteiger partial charge in [-0.05, 0) is 17.7 Å². The van der Waals surface area contributed by atoms with Gasteiger partial charge in [-0.3, -0.25) is 0 Å². The van der Waals surface area contributed by atoms with Crippen LogP contribution in [0.2, 0.25) is 0 Å². The maximum absolute atomic E-state index is 8.11. The van der Waals surface area contributed by atoms with E-state index in [0.29, 0.717) is 13.0 Å². The summed E-state index contributed by atoms with van der Waals surface area (Å²) in [5, 5.41) is 7.65. The topological polar surface area (TPSA) is 66.6 Å². The molecule has 0 bridgehead atoms. The van der Waals surface area contributed by atoms with E-state index in [0.717, 1.165) is 11.3 Å². The van der Waals surface area contributed by atoms with Crippen LogP contribution < -0.4 is 0 Å². The molecule has 5 heteroatoms. The number of para-hydroxylation sites is 1. The van der Waals surface area contributed by atoms with E-state index in [1.807, 2.05) is 36.5 Å². The van der Waals surface area contributed by atoms with Gasteiger partial charge in [0.15, 0.2) is 0 Å². The van der Waals surface area contributed by atoms with Crippen molar-refractivity contribution >= 4 is 0 Å². The molecule has 0 unspecified atom stereocenters. The zero-order valence-electron chi connectivity index (χ0n) is 9.69. The van der Waals surface area contributed by atoms with Crippen LogP contribution in [0.5, 0.6) is 0 Å². The molecule has 0 spiro atoms. The van der Waals surface area contributed by atoms with Crippen LogP contribution in [0.1, 0.15) is 12.0 Å². The average molecular weight is 237 g/mol. The molecular formula is C13H11N5. The summed E-state index contributed by atoms with van der Waals surface area (Å²) in [5.41, 5.74) is 9.96. The highest BCUT2D eigenvalue weighted by Gasteiger charge is 1.97. The fourth-order valence-electron chi connectivity index (χ4n) is 1.42. The lowest BCUT2D eigenvalue weighted by Gasteiger charge is -1.98. The van der Waals surface area contributed by atoms with Crippen molar-refractivity contribution in [2.75, 3.05) is 6.54 Å². The fourth-order valence-corrected chi connectivity index (χ4v) is 1.42. The van der Waals surface area contributed by atoms with E-state index in [2.05, 4.69) is 27.0 Å². The molecule has 1 aromatic carbocycles. The van der Waals surface area contributed by atoms with E-state index in [9.17, 15) is 0 Å². The molecule has 0 saturated carbocycles. The van der Waals surface area contributed by atoms with E-state index in [-0.39, 0.29) is 0 Å². The lowest BCUT2D eigenvalue weighted by Crippen LogP contribution is -1.92.